The molecule has 108 valence electrons. The lowest BCUT2D eigenvalue weighted by Gasteiger charge is -2.15. The molecule has 4 nitrogen and oxygen atoms in total. The first-order valence-electron chi connectivity index (χ1n) is 7.00. The SMILES string of the molecule is CCN(C)C(=O)Cn1ccc2cc(OC(C)C)ccc21. The minimum absolute atomic E-state index is 0.118. The Morgan fingerprint density at radius 2 is 2.10 bits per heavy atom. The Bertz CT molecular complexity index is 602. The summed E-state index contributed by atoms with van der Waals surface area (Å²) in [5.41, 5.74) is 1.05. The van der Waals surface area contributed by atoms with E-state index >= 15 is 0 Å². The summed E-state index contributed by atoms with van der Waals surface area (Å²) in [4.78, 5) is 13.7. The molecule has 0 unspecified atom stereocenters. The van der Waals surface area contributed by atoms with Crippen molar-refractivity contribution in [1.29, 1.82) is 0 Å². The summed E-state index contributed by atoms with van der Waals surface area (Å²) in [5, 5.41) is 1.09. The molecule has 1 amide bonds. The number of rotatable bonds is 5. The van der Waals surface area contributed by atoms with E-state index in [4.69, 9.17) is 4.74 Å². The highest BCUT2D eigenvalue weighted by molar-refractivity contribution is 5.84. The highest BCUT2D eigenvalue weighted by Gasteiger charge is 2.10. The van der Waals surface area contributed by atoms with Crippen molar-refractivity contribution in [3.8, 4) is 5.75 Å². The topological polar surface area (TPSA) is 34.5 Å². The highest BCUT2D eigenvalue weighted by atomic mass is 16.5. The summed E-state index contributed by atoms with van der Waals surface area (Å²) in [7, 11) is 1.82. The zero-order valence-electron chi connectivity index (χ0n) is 12.6. The zero-order chi connectivity index (χ0) is 14.7. The molecule has 0 radical (unpaired) electrons. The van der Waals surface area contributed by atoms with Gasteiger partial charge in [0, 0.05) is 30.7 Å². The summed E-state index contributed by atoms with van der Waals surface area (Å²) >= 11 is 0. The molecule has 0 aliphatic carbocycles. The van der Waals surface area contributed by atoms with Gasteiger partial charge in [0.25, 0.3) is 0 Å². The van der Waals surface area contributed by atoms with E-state index in [9.17, 15) is 4.79 Å². The van der Waals surface area contributed by atoms with Gasteiger partial charge in [0.2, 0.25) is 5.91 Å². The zero-order valence-corrected chi connectivity index (χ0v) is 12.6. The molecule has 1 aromatic heterocycles. The molecule has 0 saturated heterocycles. The molecule has 0 aliphatic rings. The molecule has 0 fully saturated rings. The maximum absolute atomic E-state index is 12.0. The van der Waals surface area contributed by atoms with Crippen molar-refractivity contribution in [3.05, 3.63) is 30.5 Å². The summed E-state index contributed by atoms with van der Waals surface area (Å²) < 4.78 is 7.66. The van der Waals surface area contributed by atoms with Gasteiger partial charge in [-0.1, -0.05) is 0 Å². The van der Waals surface area contributed by atoms with Crippen LogP contribution in [0.2, 0.25) is 0 Å². The minimum atomic E-state index is 0.118. The van der Waals surface area contributed by atoms with E-state index in [1.807, 2.05) is 62.8 Å². The van der Waals surface area contributed by atoms with E-state index in [0.717, 1.165) is 23.2 Å². The second kappa shape index (κ2) is 5.99. The van der Waals surface area contributed by atoms with Crippen LogP contribution in [0.25, 0.3) is 10.9 Å². The molecule has 0 bridgehead atoms. The molecule has 20 heavy (non-hydrogen) atoms. The second-order valence-electron chi connectivity index (χ2n) is 5.24. The number of carbonyl (C=O) groups is 1. The van der Waals surface area contributed by atoms with Crippen LogP contribution in [0.1, 0.15) is 20.8 Å². The third-order valence-electron chi connectivity index (χ3n) is 3.32. The maximum atomic E-state index is 12.0. The lowest BCUT2D eigenvalue weighted by atomic mass is 10.2. The van der Waals surface area contributed by atoms with E-state index < -0.39 is 0 Å². The minimum Gasteiger partial charge on any atom is -0.491 e. The monoisotopic (exact) mass is 274 g/mol. The van der Waals surface area contributed by atoms with E-state index in [1.54, 1.807) is 4.90 Å². The molecule has 4 heteroatoms. The molecule has 0 N–H and O–H groups in total. The van der Waals surface area contributed by atoms with Crippen molar-refractivity contribution in [2.75, 3.05) is 13.6 Å². The van der Waals surface area contributed by atoms with Gasteiger partial charge >= 0.3 is 0 Å². The Morgan fingerprint density at radius 3 is 2.75 bits per heavy atom. The van der Waals surface area contributed by atoms with E-state index in [0.29, 0.717) is 6.54 Å². The van der Waals surface area contributed by atoms with Crippen molar-refractivity contribution < 1.29 is 9.53 Å². The van der Waals surface area contributed by atoms with Crippen molar-refractivity contribution in [1.82, 2.24) is 9.47 Å². The Balaban J connectivity index is 2.22. The molecule has 2 rings (SSSR count). The maximum Gasteiger partial charge on any atom is 0.242 e. The summed E-state index contributed by atoms with van der Waals surface area (Å²) in [5.74, 6) is 0.981. The van der Waals surface area contributed by atoms with Crippen LogP contribution in [-0.4, -0.2) is 35.1 Å². The summed E-state index contributed by atoms with van der Waals surface area (Å²) in [6, 6.07) is 7.99. The Hall–Kier alpha value is -1.97. The Morgan fingerprint density at radius 1 is 1.35 bits per heavy atom. The van der Waals surface area contributed by atoms with Gasteiger partial charge in [-0.2, -0.15) is 0 Å². The van der Waals surface area contributed by atoms with Crippen molar-refractivity contribution in [2.24, 2.45) is 0 Å². The van der Waals surface area contributed by atoms with Crippen LogP contribution in [0.4, 0.5) is 0 Å². The number of likely N-dealkylation sites (N-methyl/N-ethyl adjacent to an activating group) is 1. The van der Waals surface area contributed by atoms with Gasteiger partial charge < -0.3 is 14.2 Å². The molecule has 0 aliphatic heterocycles. The molecule has 2 aromatic rings. The van der Waals surface area contributed by atoms with E-state index in [2.05, 4.69) is 0 Å². The van der Waals surface area contributed by atoms with Crippen LogP contribution >= 0.6 is 0 Å². The number of hydrogen-bond donors (Lipinski definition) is 0. The molecule has 1 heterocycles. The third kappa shape index (κ3) is 3.13. The smallest absolute Gasteiger partial charge is 0.242 e. The van der Waals surface area contributed by atoms with Gasteiger partial charge in [0.05, 0.1) is 6.10 Å². The van der Waals surface area contributed by atoms with E-state index in [-0.39, 0.29) is 12.0 Å². The molecular formula is C16H22N2O2. The van der Waals surface area contributed by atoms with Crippen LogP contribution < -0.4 is 4.74 Å². The van der Waals surface area contributed by atoms with Gasteiger partial charge in [-0.05, 0) is 45.0 Å². The van der Waals surface area contributed by atoms with Crippen molar-refractivity contribution in [2.45, 2.75) is 33.4 Å². The largest absolute Gasteiger partial charge is 0.491 e. The van der Waals surface area contributed by atoms with E-state index in [1.165, 1.54) is 0 Å². The molecule has 0 saturated carbocycles. The summed E-state index contributed by atoms with van der Waals surface area (Å²) in [6.07, 6.45) is 2.11. The molecular weight excluding hydrogens is 252 g/mol. The molecule has 0 spiro atoms. The average Bonchev–Trinajstić information content (AvgIpc) is 2.79. The second-order valence-corrected chi connectivity index (χ2v) is 5.24. The first-order chi connectivity index (χ1) is 9.51. The highest BCUT2D eigenvalue weighted by Crippen LogP contribution is 2.23. The van der Waals surface area contributed by atoms with Crippen LogP contribution in [0.15, 0.2) is 30.5 Å². The van der Waals surface area contributed by atoms with Gasteiger partial charge in [0.15, 0.2) is 0 Å². The van der Waals surface area contributed by atoms with Gasteiger partial charge in [0.1, 0.15) is 12.3 Å². The molecule has 0 atom stereocenters. The quantitative estimate of drug-likeness (QED) is 0.840. The van der Waals surface area contributed by atoms with Crippen LogP contribution in [0.3, 0.4) is 0 Å². The van der Waals surface area contributed by atoms with Crippen molar-refractivity contribution >= 4 is 16.8 Å². The van der Waals surface area contributed by atoms with Gasteiger partial charge in [-0.15, -0.1) is 0 Å². The van der Waals surface area contributed by atoms with Gasteiger partial charge in [-0.3, -0.25) is 4.79 Å². The van der Waals surface area contributed by atoms with Crippen molar-refractivity contribution in [3.63, 3.8) is 0 Å². The third-order valence-corrected chi connectivity index (χ3v) is 3.32. The average molecular weight is 274 g/mol. The number of hydrogen-bond acceptors (Lipinski definition) is 2. The van der Waals surface area contributed by atoms with Gasteiger partial charge in [-0.25, -0.2) is 0 Å². The number of benzene rings is 1. The van der Waals surface area contributed by atoms with Crippen LogP contribution in [0, 0.1) is 0 Å². The fourth-order valence-corrected chi connectivity index (χ4v) is 2.10. The normalized spacial score (nSPS) is 11.1. The predicted molar refractivity (Wildman–Crippen MR) is 81.0 cm³/mol. The fraction of sp³-hybridized carbons (Fsp3) is 0.438. The fourth-order valence-electron chi connectivity index (χ4n) is 2.10. The number of carbonyl (C=O) groups excluding carboxylic acids is 1. The first-order valence-corrected chi connectivity index (χ1v) is 7.00. The summed E-state index contributed by atoms with van der Waals surface area (Å²) in [6.45, 7) is 7.09. The first kappa shape index (κ1) is 14.4. The standard InChI is InChI=1S/C16H22N2O2/c1-5-17(4)16(19)11-18-9-8-13-10-14(20-12(2)3)6-7-15(13)18/h6-10,12H,5,11H2,1-4H3. The lowest BCUT2D eigenvalue weighted by molar-refractivity contribution is -0.130. The molecule has 1 aromatic carbocycles. The number of fused-ring (bicyclic) bond motifs is 1. The van der Waals surface area contributed by atoms with Crippen LogP contribution in [0.5, 0.6) is 5.75 Å². The lowest BCUT2D eigenvalue weighted by Crippen LogP contribution is -2.29. The number of aromatic nitrogens is 1. The Kier molecular flexibility index (Phi) is 4.32. The number of ether oxygens (including phenoxy) is 1. The predicted octanol–water partition coefficient (Wildman–Crippen LogP) is 2.91. The number of nitrogens with zero attached hydrogens (tertiary/aromatic N) is 2. The van der Waals surface area contributed by atoms with Crippen LogP contribution in [-0.2, 0) is 11.3 Å². The Labute approximate surface area is 119 Å². The number of amides is 1.